The quantitative estimate of drug-likeness (QED) is 0.662. The zero-order chi connectivity index (χ0) is 19.7. The first-order valence-corrected chi connectivity index (χ1v) is 10.4. The van der Waals surface area contributed by atoms with Gasteiger partial charge in [-0.25, -0.2) is 0 Å². The van der Waals surface area contributed by atoms with Gasteiger partial charge in [-0.05, 0) is 46.7 Å². The van der Waals surface area contributed by atoms with E-state index in [1.807, 2.05) is 36.4 Å². The number of nitrogens with zero attached hydrogens (tertiary/aromatic N) is 1. The summed E-state index contributed by atoms with van der Waals surface area (Å²) >= 11 is 0. The van der Waals surface area contributed by atoms with Gasteiger partial charge in [-0.3, -0.25) is 4.90 Å². The van der Waals surface area contributed by atoms with E-state index in [1.165, 1.54) is 12.0 Å². The Hall–Kier alpha value is -2.86. The molecule has 1 heterocycles. The van der Waals surface area contributed by atoms with E-state index in [9.17, 15) is 5.11 Å². The third-order valence-corrected chi connectivity index (χ3v) is 6.35. The van der Waals surface area contributed by atoms with E-state index in [0.717, 1.165) is 41.9 Å². The second-order valence-corrected chi connectivity index (χ2v) is 8.11. The summed E-state index contributed by atoms with van der Waals surface area (Å²) in [5, 5.41) is 11.6. The summed E-state index contributed by atoms with van der Waals surface area (Å²) in [7, 11) is 0. The number of likely N-dealkylation sites (tertiary alicyclic amines) is 1. The van der Waals surface area contributed by atoms with Crippen LogP contribution in [0.3, 0.4) is 0 Å². The third-order valence-electron chi connectivity index (χ3n) is 6.35. The maximum atomic E-state index is 11.6. The summed E-state index contributed by atoms with van der Waals surface area (Å²) in [6, 6.07) is 27.1. The maximum Gasteiger partial charge on any atom is 0.127 e. The van der Waals surface area contributed by atoms with E-state index in [-0.39, 0.29) is 0 Å². The molecule has 1 aliphatic carbocycles. The van der Waals surface area contributed by atoms with Crippen molar-refractivity contribution in [1.82, 2.24) is 4.90 Å². The maximum absolute atomic E-state index is 11.6. The van der Waals surface area contributed by atoms with Crippen LogP contribution in [0, 0.1) is 11.8 Å². The Morgan fingerprint density at radius 2 is 1.45 bits per heavy atom. The molecule has 0 unspecified atom stereocenters. The Morgan fingerprint density at radius 1 is 0.828 bits per heavy atom. The summed E-state index contributed by atoms with van der Waals surface area (Å²) in [6.45, 7) is 2.92. The lowest BCUT2D eigenvalue weighted by molar-refractivity contribution is 0.0914. The van der Waals surface area contributed by atoms with Crippen molar-refractivity contribution in [2.75, 3.05) is 19.6 Å². The highest BCUT2D eigenvalue weighted by molar-refractivity contribution is 5.80. The lowest BCUT2D eigenvalue weighted by Crippen LogP contribution is -2.24. The summed E-state index contributed by atoms with van der Waals surface area (Å²) in [4.78, 5) is 2.42. The van der Waals surface area contributed by atoms with Gasteiger partial charge in [-0.1, -0.05) is 90.7 Å². The lowest BCUT2D eigenvalue weighted by atomic mass is 9.88. The third kappa shape index (κ3) is 3.27. The Balaban J connectivity index is 1.29. The highest BCUT2D eigenvalue weighted by Gasteiger charge is 2.40. The fourth-order valence-corrected chi connectivity index (χ4v) is 4.82. The van der Waals surface area contributed by atoms with Crippen molar-refractivity contribution < 1.29 is 5.11 Å². The SMILES string of the molecule is OC1(CC#CCN2CC[C@@H](c3ccccc3)C2)c2ccccc2-c2ccccc21. The molecule has 2 aliphatic rings. The van der Waals surface area contributed by atoms with Crippen LogP contribution in [-0.4, -0.2) is 29.6 Å². The van der Waals surface area contributed by atoms with Gasteiger partial charge in [0.25, 0.3) is 0 Å². The molecule has 1 N–H and O–H groups in total. The van der Waals surface area contributed by atoms with Crippen molar-refractivity contribution in [3.05, 3.63) is 95.6 Å². The molecule has 0 bridgehead atoms. The van der Waals surface area contributed by atoms with Crippen LogP contribution in [0.1, 0.15) is 35.4 Å². The van der Waals surface area contributed by atoms with E-state index in [1.54, 1.807) is 0 Å². The molecule has 1 fully saturated rings. The molecule has 5 rings (SSSR count). The number of benzene rings is 3. The molecular formula is C27H25NO. The van der Waals surface area contributed by atoms with Crippen LogP contribution in [0.5, 0.6) is 0 Å². The molecule has 2 nitrogen and oxygen atoms in total. The minimum Gasteiger partial charge on any atom is -0.379 e. The molecule has 0 aromatic heterocycles. The van der Waals surface area contributed by atoms with Crippen LogP contribution in [0.2, 0.25) is 0 Å². The summed E-state index contributed by atoms with van der Waals surface area (Å²) in [5.41, 5.74) is 4.60. The molecule has 1 saturated heterocycles. The Kier molecular flexibility index (Phi) is 4.72. The van der Waals surface area contributed by atoms with Crippen molar-refractivity contribution >= 4 is 0 Å². The van der Waals surface area contributed by atoms with Gasteiger partial charge in [0.15, 0.2) is 0 Å². The Bertz CT molecular complexity index is 1030. The van der Waals surface area contributed by atoms with Crippen LogP contribution in [-0.2, 0) is 5.60 Å². The van der Waals surface area contributed by atoms with Crippen LogP contribution >= 0.6 is 0 Å². The second-order valence-electron chi connectivity index (χ2n) is 8.11. The fraction of sp³-hybridized carbons (Fsp3) is 0.259. The highest BCUT2D eigenvalue weighted by Crippen LogP contribution is 2.48. The van der Waals surface area contributed by atoms with E-state index in [0.29, 0.717) is 12.3 Å². The standard InChI is InChI=1S/C27H25NO/c29-27(25-14-6-4-12-23(25)24-13-5-7-15-26(24)27)17-8-9-18-28-19-16-22(20-28)21-10-2-1-3-11-21/h1-7,10-15,22,29H,16-20H2/t22-/m1/s1. The lowest BCUT2D eigenvalue weighted by Gasteiger charge is -2.23. The second kappa shape index (κ2) is 7.52. The number of hydrogen-bond acceptors (Lipinski definition) is 2. The zero-order valence-corrected chi connectivity index (χ0v) is 16.5. The fourth-order valence-electron chi connectivity index (χ4n) is 4.82. The number of rotatable bonds is 3. The van der Waals surface area contributed by atoms with E-state index in [2.05, 4.69) is 59.2 Å². The molecular weight excluding hydrogens is 354 g/mol. The van der Waals surface area contributed by atoms with Crippen molar-refractivity contribution in [2.45, 2.75) is 24.4 Å². The van der Waals surface area contributed by atoms with E-state index >= 15 is 0 Å². The summed E-state index contributed by atoms with van der Waals surface area (Å²) in [5.74, 6) is 7.23. The predicted molar refractivity (Wildman–Crippen MR) is 118 cm³/mol. The van der Waals surface area contributed by atoms with Crippen LogP contribution in [0.15, 0.2) is 78.9 Å². The first-order chi connectivity index (χ1) is 14.3. The van der Waals surface area contributed by atoms with Crippen LogP contribution in [0.4, 0.5) is 0 Å². The average Bonchev–Trinajstić information content (AvgIpc) is 3.35. The Labute approximate surface area is 172 Å². The number of fused-ring (bicyclic) bond motifs is 3. The van der Waals surface area contributed by atoms with Gasteiger partial charge in [0.2, 0.25) is 0 Å². The minimum absolute atomic E-state index is 0.428. The first kappa shape index (κ1) is 18.2. The van der Waals surface area contributed by atoms with Gasteiger partial charge < -0.3 is 5.11 Å². The van der Waals surface area contributed by atoms with Gasteiger partial charge in [0, 0.05) is 13.0 Å². The number of aliphatic hydroxyl groups is 1. The van der Waals surface area contributed by atoms with Gasteiger partial charge >= 0.3 is 0 Å². The van der Waals surface area contributed by atoms with Crippen molar-refractivity contribution in [1.29, 1.82) is 0 Å². The van der Waals surface area contributed by atoms with Crippen molar-refractivity contribution in [3.8, 4) is 23.0 Å². The average molecular weight is 380 g/mol. The van der Waals surface area contributed by atoms with Crippen LogP contribution < -0.4 is 0 Å². The van der Waals surface area contributed by atoms with Gasteiger partial charge in [0.05, 0.1) is 6.54 Å². The summed E-state index contributed by atoms with van der Waals surface area (Å²) < 4.78 is 0. The predicted octanol–water partition coefficient (Wildman–Crippen LogP) is 4.79. The normalized spacial score (nSPS) is 19.3. The molecule has 0 spiro atoms. The van der Waals surface area contributed by atoms with Gasteiger partial charge in [-0.15, -0.1) is 0 Å². The van der Waals surface area contributed by atoms with Crippen LogP contribution in [0.25, 0.3) is 11.1 Å². The summed E-state index contributed by atoms with van der Waals surface area (Å²) in [6.07, 6.45) is 1.62. The zero-order valence-electron chi connectivity index (χ0n) is 16.5. The number of hydrogen-bond donors (Lipinski definition) is 1. The molecule has 2 heteroatoms. The molecule has 1 atom stereocenters. The molecule has 1 aliphatic heterocycles. The smallest absolute Gasteiger partial charge is 0.127 e. The molecule has 0 amide bonds. The first-order valence-electron chi connectivity index (χ1n) is 10.4. The molecule has 0 saturated carbocycles. The monoisotopic (exact) mass is 379 g/mol. The largest absolute Gasteiger partial charge is 0.379 e. The topological polar surface area (TPSA) is 23.5 Å². The molecule has 3 aromatic rings. The van der Waals surface area contributed by atoms with Gasteiger partial charge in [0.1, 0.15) is 5.60 Å². The van der Waals surface area contributed by atoms with E-state index in [4.69, 9.17) is 0 Å². The molecule has 0 radical (unpaired) electrons. The van der Waals surface area contributed by atoms with Crippen molar-refractivity contribution in [2.24, 2.45) is 0 Å². The molecule has 29 heavy (non-hydrogen) atoms. The Morgan fingerprint density at radius 3 is 2.14 bits per heavy atom. The molecule has 144 valence electrons. The van der Waals surface area contributed by atoms with Crippen molar-refractivity contribution in [3.63, 3.8) is 0 Å². The van der Waals surface area contributed by atoms with E-state index < -0.39 is 5.60 Å². The van der Waals surface area contributed by atoms with Gasteiger partial charge in [-0.2, -0.15) is 0 Å². The highest BCUT2D eigenvalue weighted by atomic mass is 16.3. The minimum atomic E-state index is -1.02. The molecule has 3 aromatic carbocycles.